The van der Waals surface area contributed by atoms with E-state index in [1.165, 1.54) is 25.7 Å². The van der Waals surface area contributed by atoms with Crippen molar-refractivity contribution in [1.29, 1.82) is 5.26 Å². The van der Waals surface area contributed by atoms with Crippen LogP contribution in [0.4, 0.5) is 0 Å². The van der Waals surface area contributed by atoms with E-state index in [4.69, 9.17) is 10.00 Å². The van der Waals surface area contributed by atoms with E-state index in [2.05, 4.69) is 19.9 Å². The fraction of sp³-hybridized carbons (Fsp3) is 0.600. The second kappa shape index (κ2) is 11.7. The fourth-order valence-corrected chi connectivity index (χ4v) is 2.57. The van der Waals surface area contributed by atoms with E-state index in [-0.39, 0.29) is 12.1 Å². The summed E-state index contributed by atoms with van der Waals surface area (Å²) in [5.74, 6) is -0.274. The van der Waals surface area contributed by atoms with Gasteiger partial charge in [0.25, 0.3) is 0 Å². The maximum Gasteiger partial charge on any atom is 0.338 e. The number of esters is 1. The van der Waals surface area contributed by atoms with E-state index in [1.807, 2.05) is 0 Å². The van der Waals surface area contributed by atoms with Crippen molar-refractivity contribution >= 4 is 5.97 Å². The Bertz CT molecular complexity index is 487. The van der Waals surface area contributed by atoms with E-state index in [0.29, 0.717) is 11.1 Å². The molecule has 3 nitrogen and oxygen atoms in total. The topological polar surface area (TPSA) is 50.1 Å². The summed E-state index contributed by atoms with van der Waals surface area (Å²) in [6.45, 7) is 4.37. The molecular weight excluding hydrogens is 286 g/mol. The van der Waals surface area contributed by atoms with Crippen LogP contribution in [0.5, 0.6) is 0 Å². The van der Waals surface area contributed by atoms with Gasteiger partial charge in [-0.3, -0.25) is 0 Å². The highest BCUT2D eigenvalue weighted by Crippen LogP contribution is 2.17. The van der Waals surface area contributed by atoms with Gasteiger partial charge in [0, 0.05) is 0 Å². The second-order valence-corrected chi connectivity index (χ2v) is 6.06. The highest BCUT2D eigenvalue weighted by atomic mass is 16.5. The molecule has 0 bridgehead atoms. The molecule has 1 rings (SSSR count). The number of carbonyl (C=O) groups excluding carboxylic acids is 1. The molecule has 0 amide bonds. The summed E-state index contributed by atoms with van der Waals surface area (Å²) in [5.41, 5.74) is 1.08. The third kappa shape index (κ3) is 7.83. The zero-order chi connectivity index (χ0) is 16.9. The molecule has 0 aliphatic rings. The number of rotatable bonds is 11. The standard InChI is InChI=1S/C20H29NO2/c1-3-5-7-8-9-11-19(10-6-4-2)23-20(22)18-14-12-17(16-21)13-15-18/h12-15,19H,3-11H2,1-2H3. The summed E-state index contributed by atoms with van der Waals surface area (Å²) in [4.78, 5) is 12.2. The van der Waals surface area contributed by atoms with Crippen LogP contribution in [0.15, 0.2) is 24.3 Å². The minimum absolute atomic E-state index is 0.0136. The van der Waals surface area contributed by atoms with Gasteiger partial charge in [0.05, 0.1) is 17.2 Å². The molecule has 1 atom stereocenters. The lowest BCUT2D eigenvalue weighted by molar-refractivity contribution is 0.0250. The van der Waals surface area contributed by atoms with Gasteiger partial charge >= 0.3 is 5.97 Å². The molecule has 0 radical (unpaired) electrons. The third-order valence-corrected chi connectivity index (χ3v) is 4.03. The average molecular weight is 315 g/mol. The van der Waals surface area contributed by atoms with Gasteiger partial charge in [0.15, 0.2) is 0 Å². The first-order valence-electron chi connectivity index (χ1n) is 8.92. The summed E-state index contributed by atoms with van der Waals surface area (Å²) in [5, 5.41) is 8.80. The molecule has 126 valence electrons. The van der Waals surface area contributed by atoms with Gasteiger partial charge in [-0.25, -0.2) is 4.79 Å². The lowest BCUT2D eigenvalue weighted by Gasteiger charge is -2.18. The van der Waals surface area contributed by atoms with Crippen molar-refractivity contribution in [3.8, 4) is 6.07 Å². The quantitative estimate of drug-likeness (QED) is 0.392. The minimum Gasteiger partial charge on any atom is -0.459 e. The normalized spacial score (nSPS) is 11.7. The molecule has 0 spiro atoms. The van der Waals surface area contributed by atoms with Crippen molar-refractivity contribution in [2.75, 3.05) is 0 Å². The van der Waals surface area contributed by atoms with Gasteiger partial charge < -0.3 is 4.74 Å². The number of benzene rings is 1. The zero-order valence-corrected chi connectivity index (χ0v) is 14.5. The van der Waals surface area contributed by atoms with Crippen molar-refractivity contribution in [1.82, 2.24) is 0 Å². The molecule has 0 saturated carbocycles. The van der Waals surface area contributed by atoms with Gasteiger partial charge in [-0.05, 0) is 43.5 Å². The molecule has 0 fully saturated rings. The lowest BCUT2D eigenvalue weighted by atomic mass is 10.0. The van der Waals surface area contributed by atoms with Gasteiger partial charge in [-0.2, -0.15) is 5.26 Å². The summed E-state index contributed by atoms with van der Waals surface area (Å²) < 4.78 is 5.70. The lowest BCUT2D eigenvalue weighted by Crippen LogP contribution is -2.18. The maximum atomic E-state index is 12.2. The second-order valence-electron chi connectivity index (χ2n) is 6.06. The van der Waals surface area contributed by atoms with E-state index in [0.717, 1.165) is 32.1 Å². The van der Waals surface area contributed by atoms with Gasteiger partial charge in [-0.15, -0.1) is 0 Å². The number of nitriles is 1. The van der Waals surface area contributed by atoms with Crippen LogP contribution < -0.4 is 0 Å². The van der Waals surface area contributed by atoms with Gasteiger partial charge in [0.1, 0.15) is 6.10 Å². The summed E-state index contributed by atoms with van der Waals surface area (Å²) in [6, 6.07) is 8.70. The number of carbonyl (C=O) groups is 1. The zero-order valence-electron chi connectivity index (χ0n) is 14.5. The van der Waals surface area contributed by atoms with E-state index in [9.17, 15) is 4.79 Å². The van der Waals surface area contributed by atoms with Crippen LogP contribution in [0.3, 0.4) is 0 Å². The average Bonchev–Trinajstić information content (AvgIpc) is 2.59. The molecule has 23 heavy (non-hydrogen) atoms. The molecule has 0 N–H and O–H groups in total. The Morgan fingerprint density at radius 3 is 2.22 bits per heavy atom. The largest absolute Gasteiger partial charge is 0.459 e. The highest BCUT2D eigenvalue weighted by molar-refractivity contribution is 5.89. The van der Waals surface area contributed by atoms with Crippen molar-refractivity contribution in [3.05, 3.63) is 35.4 Å². The Kier molecular flexibility index (Phi) is 9.79. The van der Waals surface area contributed by atoms with Crippen molar-refractivity contribution in [2.24, 2.45) is 0 Å². The molecule has 0 aromatic heterocycles. The van der Waals surface area contributed by atoms with E-state index >= 15 is 0 Å². The van der Waals surface area contributed by atoms with Gasteiger partial charge in [0.2, 0.25) is 0 Å². The van der Waals surface area contributed by atoms with Crippen LogP contribution in [0, 0.1) is 11.3 Å². The van der Waals surface area contributed by atoms with Crippen LogP contribution in [0.1, 0.15) is 87.6 Å². The van der Waals surface area contributed by atoms with Crippen molar-refractivity contribution in [3.63, 3.8) is 0 Å². The molecule has 0 saturated heterocycles. The Hall–Kier alpha value is -1.82. The van der Waals surface area contributed by atoms with Crippen LogP contribution in [0.25, 0.3) is 0 Å². The third-order valence-electron chi connectivity index (χ3n) is 4.03. The molecule has 3 heteroatoms. The van der Waals surface area contributed by atoms with Crippen LogP contribution in [0.2, 0.25) is 0 Å². The van der Waals surface area contributed by atoms with Crippen LogP contribution >= 0.6 is 0 Å². The Labute approximate surface area is 140 Å². The summed E-state index contributed by atoms with van der Waals surface area (Å²) in [7, 11) is 0. The van der Waals surface area contributed by atoms with Crippen LogP contribution in [-0.2, 0) is 4.74 Å². The predicted octanol–water partition coefficient (Wildman–Crippen LogP) is 5.63. The molecule has 1 aromatic carbocycles. The van der Waals surface area contributed by atoms with Crippen molar-refractivity contribution in [2.45, 2.75) is 77.7 Å². The molecular formula is C20H29NO2. The number of unbranched alkanes of at least 4 members (excludes halogenated alkanes) is 5. The number of hydrogen-bond acceptors (Lipinski definition) is 3. The molecule has 0 aliphatic heterocycles. The molecule has 1 aromatic rings. The van der Waals surface area contributed by atoms with Crippen molar-refractivity contribution < 1.29 is 9.53 Å². The highest BCUT2D eigenvalue weighted by Gasteiger charge is 2.15. The SMILES string of the molecule is CCCCCCCC(CCCC)OC(=O)c1ccc(C#N)cc1. The smallest absolute Gasteiger partial charge is 0.338 e. The maximum absolute atomic E-state index is 12.2. The Balaban J connectivity index is 2.49. The molecule has 0 heterocycles. The summed E-state index contributed by atoms with van der Waals surface area (Å²) >= 11 is 0. The molecule has 1 unspecified atom stereocenters. The van der Waals surface area contributed by atoms with Gasteiger partial charge in [-0.1, -0.05) is 52.4 Å². The minimum atomic E-state index is -0.274. The number of ether oxygens (including phenoxy) is 1. The first-order chi connectivity index (χ1) is 11.2. The van der Waals surface area contributed by atoms with E-state index < -0.39 is 0 Å². The first-order valence-corrected chi connectivity index (χ1v) is 8.92. The summed E-state index contributed by atoms with van der Waals surface area (Å²) in [6.07, 6.45) is 10.2. The first kappa shape index (κ1) is 19.2. The number of nitrogens with zero attached hydrogens (tertiary/aromatic N) is 1. The van der Waals surface area contributed by atoms with Crippen LogP contribution in [-0.4, -0.2) is 12.1 Å². The molecule has 0 aliphatic carbocycles. The Morgan fingerprint density at radius 2 is 1.61 bits per heavy atom. The fourth-order valence-electron chi connectivity index (χ4n) is 2.57. The van der Waals surface area contributed by atoms with E-state index in [1.54, 1.807) is 24.3 Å². The monoisotopic (exact) mass is 315 g/mol. The number of hydrogen-bond donors (Lipinski definition) is 0. The predicted molar refractivity (Wildman–Crippen MR) is 93.3 cm³/mol. The Morgan fingerprint density at radius 1 is 1.00 bits per heavy atom.